The first-order valence-corrected chi connectivity index (χ1v) is 4.69. The van der Waals surface area contributed by atoms with Gasteiger partial charge in [-0.2, -0.15) is 10.5 Å². The molecule has 1 rings (SSSR count). The van der Waals surface area contributed by atoms with Gasteiger partial charge in [0.25, 0.3) is 0 Å². The van der Waals surface area contributed by atoms with E-state index < -0.39 is 0 Å². The van der Waals surface area contributed by atoms with E-state index in [2.05, 4.69) is 12.1 Å². The summed E-state index contributed by atoms with van der Waals surface area (Å²) in [6, 6.07) is 7.56. The van der Waals surface area contributed by atoms with Crippen LogP contribution in [0.15, 0.2) is 12.1 Å². The van der Waals surface area contributed by atoms with E-state index in [0.717, 1.165) is 17.5 Å². The van der Waals surface area contributed by atoms with E-state index in [9.17, 15) is 0 Å². The van der Waals surface area contributed by atoms with Gasteiger partial charge in [-0.05, 0) is 29.7 Å². The Hall–Kier alpha value is -1.51. The maximum absolute atomic E-state index is 8.88. The molecule has 0 aliphatic rings. The number of nitriles is 2. The van der Waals surface area contributed by atoms with E-state index >= 15 is 0 Å². The normalized spacial score (nSPS) is 9.14. The second-order valence-electron chi connectivity index (χ2n) is 2.89. The van der Waals surface area contributed by atoms with Crippen LogP contribution in [0.4, 0.5) is 0 Å². The third-order valence-corrected chi connectivity index (χ3v) is 2.27. The van der Waals surface area contributed by atoms with E-state index in [1.807, 2.05) is 6.92 Å². The standard InChI is InChI=1S/C11H9ClN2/c1-2-11-8(3-4-13)5-10(12)6-9(11)7-14/h5-6H,2-3H2,1H3. The van der Waals surface area contributed by atoms with E-state index in [0.29, 0.717) is 17.0 Å². The van der Waals surface area contributed by atoms with Gasteiger partial charge in [0.15, 0.2) is 0 Å². The number of hydrogen-bond acceptors (Lipinski definition) is 2. The topological polar surface area (TPSA) is 47.6 Å². The molecule has 0 saturated heterocycles. The smallest absolute Gasteiger partial charge is 0.0995 e. The summed E-state index contributed by atoms with van der Waals surface area (Å²) < 4.78 is 0. The molecular formula is C11H9ClN2. The SMILES string of the molecule is CCc1c(C#N)cc(Cl)cc1CC#N. The van der Waals surface area contributed by atoms with Crippen LogP contribution in [-0.4, -0.2) is 0 Å². The Balaban J connectivity index is 3.35. The quantitative estimate of drug-likeness (QED) is 0.744. The van der Waals surface area contributed by atoms with Crippen molar-refractivity contribution < 1.29 is 0 Å². The zero-order valence-electron chi connectivity index (χ0n) is 7.84. The number of halogens is 1. The minimum atomic E-state index is 0.304. The van der Waals surface area contributed by atoms with Gasteiger partial charge in [-0.25, -0.2) is 0 Å². The van der Waals surface area contributed by atoms with Gasteiger partial charge in [0.1, 0.15) is 0 Å². The molecule has 1 aromatic rings. The van der Waals surface area contributed by atoms with E-state index in [1.54, 1.807) is 12.1 Å². The summed E-state index contributed by atoms with van der Waals surface area (Å²) in [7, 11) is 0. The number of rotatable bonds is 2. The van der Waals surface area contributed by atoms with Crippen molar-refractivity contribution in [3.63, 3.8) is 0 Å². The average molecular weight is 205 g/mol. The lowest BCUT2D eigenvalue weighted by Crippen LogP contribution is -1.96. The minimum Gasteiger partial charge on any atom is -0.198 e. The van der Waals surface area contributed by atoms with Gasteiger partial charge < -0.3 is 0 Å². The lowest BCUT2D eigenvalue weighted by atomic mass is 9.98. The maximum atomic E-state index is 8.88. The highest BCUT2D eigenvalue weighted by Crippen LogP contribution is 2.21. The molecule has 0 N–H and O–H groups in total. The van der Waals surface area contributed by atoms with Crippen LogP contribution in [0.5, 0.6) is 0 Å². The zero-order chi connectivity index (χ0) is 10.6. The predicted molar refractivity (Wildman–Crippen MR) is 54.9 cm³/mol. The van der Waals surface area contributed by atoms with Gasteiger partial charge in [0.05, 0.1) is 24.1 Å². The first kappa shape index (κ1) is 10.6. The van der Waals surface area contributed by atoms with Crippen molar-refractivity contribution in [1.29, 1.82) is 10.5 Å². The molecule has 2 nitrogen and oxygen atoms in total. The first-order chi connectivity index (χ1) is 6.72. The molecule has 70 valence electrons. The highest BCUT2D eigenvalue weighted by molar-refractivity contribution is 6.30. The summed E-state index contributed by atoms with van der Waals surface area (Å²) in [6.45, 7) is 1.96. The van der Waals surface area contributed by atoms with Crippen molar-refractivity contribution >= 4 is 11.6 Å². The summed E-state index contributed by atoms with van der Waals surface area (Å²) in [4.78, 5) is 0. The molecule has 0 radical (unpaired) electrons. The third-order valence-electron chi connectivity index (χ3n) is 2.05. The van der Waals surface area contributed by atoms with Gasteiger partial charge in [-0.15, -0.1) is 0 Å². The molecule has 0 aliphatic carbocycles. The molecule has 0 atom stereocenters. The summed E-state index contributed by atoms with van der Waals surface area (Å²) in [6.07, 6.45) is 1.05. The summed E-state index contributed by atoms with van der Waals surface area (Å²) >= 11 is 5.83. The Labute approximate surface area is 88.3 Å². The minimum absolute atomic E-state index is 0.304. The van der Waals surface area contributed by atoms with E-state index in [4.69, 9.17) is 22.1 Å². The van der Waals surface area contributed by atoms with Gasteiger partial charge >= 0.3 is 0 Å². The largest absolute Gasteiger partial charge is 0.198 e. The highest BCUT2D eigenvalue weighted by Gasteiger charge is 2.08. The van der Waals surface area contributed by atoms with Gasteiger partial charge in [0, 0.05) is 5.02 Å². The van der Waals surface area contributed by atoms with Crippen molar-refractivity contribution in [3.8, 4) is 12.1 Å². The second kappa shape index (κ2) is 4.65. The molecule has 0 saturated carbocycles. The van der Waals surface area contributed by atoms with Crippen LogP contribution < -0.4 is 0 Å². The average Bonchev–Trinajstić information content (AvgIpc) is 2.17. The molecule has 1 aromatic carbocycles. The molecule has 0 bridgehead atoms. The van der Waals surface area contributed by atoms with Crippen LogP contribution in [0.1, 0.15) is 23.6 Å². The Bertz CT molecular complexity index is 424. The van der Waals surface area contributed by atoms with Crippen LogP contribution in [0.2, 0.25) is 5.02 Å². The molecule has 0 spiro atoms. The predicted octanol–water partition coefficient (Wildman–Crippen LogP) is 2.84. The van der Waals surface area contributed by atoms with Crippen LogP contribution in [0.3, 0.4) is 0 Å². The molecule has 0 aliphatic heterocycles. The van der Waals surface area contributed by atoms with Crippen LogP contribution >= 0.6 is 11.6 Å². The molecule has 3 heteroatoms. The lowest BCUT2D eigenvalue weighted by molar-refractivity contribution is 1.07. The van der Waals surface area contributed by atoms with E-state index in [-0.39, 0.29) is 0 Å². The van der Waals surface area contributed by atoms with Crippen molar-refractivity contribution in [2.45, 2.75) is 19.8 Å². The van der Waals surface area contributed by atoms with Crippen LogP contribution in [-0.2, 0) is 12.8 Å². The lowest BCUT2D eigenvalue weighted by Gasteiger charge is -2.07. The first-order valence-electron chi connectivity index (χ1n) is 4.31. The van der Waals surface area contributed by atoms with E-state index in [1.165, 1.54) is 0 Å². The Morgan fingerprint density at radius 1 is 1.36 bits per heavy atom. The maximum Gasteiger partial charge on any atom is 0.0995 e. The zero-order valence-corrected chi connectivity index (χ0v) is 8.60. The fourth-order valence-corrected chi connectivity index (χ4v) is 1.69. The second-order valence-corrected chi connectivity index (χ2v) is 3.33. The molecule has 14 heavy (non-hydrogen) atoms. The van der Waals surface area contributed by atoms with Gasteiger partial charge in [-0.1, -0.05) is 18.5 Å². The Morgan fingerprint density at radius 3 is 2.57 bits per heavy atom. The Morgan fingerprint density at radius 2 is 2.07 bits per heavy atom. The fourth-order valence-electron chi connectivity index (χ4n) is 1.45. The Kier molecular flexibility index (Phi) is 3.51. The van der Waals surface area contributed by atoms with Crippen molar-refractivity contribution in [2.24, 2.45) is 0 Å². The summed E-state index contributed by atoms with van der Waals surface area (Å²) in [5.74, 6) is 0. The van der Waals surface area contributed by atoms with Gasteiger partial charge in [0.2, 0.25) is 0 Å². The number of benzene rings is 1. The van der Waals surface area contributed by atoms with Crippen molar-refractivity contribution in [2.75, 3.05) is 0 Å². The van der Waals surface area contributed by atoms with Crippen molar-refractivity contribution in [1.82, 2.24) is 0 Å². The molecular weight excluding hydrogens is 196 g/mol. The molecule has 0 amide bonds. The molecule has 0 heterocycles. The van der Waals surface area contributed by atoms with Crippen LogP contribution in [0, 0.1) is 22.7 Å². The molecule has 0 aromatic heterocycles. The van der Waals surface area contributed by atoms with Crippen molar-refractivity contribution in [3.05, 3.63) is 33.8 Å². The molecule has 0 unspecified atom stereocenters. The monoisotopic (exact) mass is 204 g/mol. The number of nitrogens with zero attached hydrogens (tertiary/aromatic N) is 2. The summed E-state index contributed by atoms with van der Waals surface area (Å²) in [5.41, 5.74) is 2.36. The fraction of sp³-hybridized carbons (Fsp3) is 0.273. The van der Waals surface area contributed by atoms with Crippen LogP contribution in [0.25, 0.3) is 0 Å². The summed E-state index contributed by atoms with van der Waals surface area (Å²) in [5, 5.41) is 18.0. The molecule has 0 fully saturated rings. The number of hydrogen-bond donors (Lipinski definition) is 0. The third kappa shape index (κ3) is 2.05. The van der Waals surface area contributed by atoms with Gasteiger partial charge in [-0.3, -0.25) is 0 Å². The highest BCUT2D eigenvalue weighted by atomic mass is 35.5.